The summed E-state index contributed by atoms with van der Waals surface area (Å²) in [7, 11) is 2.16. The predicted molar refractivity (Wildman–Crippen MR) is 52.2 cm³/mol. The molecule has 2 heterocycles. The highest BCUT2D eigenvalue weighted by Crippen LogP contribution is 2.38. The van der Waals surface area contributed by atoms with E-state index in [1.807, 2.05) is 0 Å². The molecule has 0 bridgehead atoms. The van der Waals surface area contributed by atoms with E-state index in [2.05, 4.69) is 25.8 Å². The van der Waals surface area contributed by atoms with Crippen LogP contribution in [0.15, 0.2) is 0 Å². The normalized spacial score (nSPS) is 52.2. The fourth-order valence-corrected chi connectivity index (χ4v) is 3.15. The summed E-state index contributed by atoms with van der Waals surface area (Å²) >= 11 is 0. The third kappa shape index (κ3) is 1.39. The second-order valence-corrected chi connectivity index (χ2v) is 4.94. The van der Waals surface area contributed by atoms with Crippen LogP contribution in [-0.4, -0.2) is 36.9 Å². The topological polar surface area (TPSA) is 38.5 Å². The maximum absolute atomic E-state index is 6.27. The zero-order valence-corrected chi connectivity index (χ0v) is 8.79. The van der Waals surface area contributed by atoms with Gasteiger partial charge in [-0.25, -0.2) is 0 Å². The Kier molecular flexibility index (Phi) is 2.13. The van der Waals surface area contributed by atoms with Crippen molar-refractivity contribution < 1.29 is 4.74 Å². The average molecular weight is 184 g/mol. The number of rotatable bonds is 0. The van der Waals surface area contributed by atoms with E-state index in [0.29, 0.717) is 17.9 Å². The van der Waals surface area contributed by atoms with Gasteiger partial charge in [-0.1, -0.05) is 13.8 Å². The average Bonchev–Trinajstić information content (AvgIpc) is 2.26. The molecule has 3 nitrogen and oxygen atoms in total. The van der Waals surface area contributed by atoms with Crippen LogP contribution in [0.4, 0.5) is 0 Å². The molecule has 2 rings (SSSR count). The number of ether oxygens (including phenoxy) is 1. The molecule has 0 radical (unpaired) electrons. The van der Waals surface area contributed by atoms with E-state index in [0.717, 1.165) is 19.6 Å². The van der Waals surface area contributed by atoms with E-state index >= 15 is 0 Å². The van der Waals surface area contributed by atoms with Gasteiger partial charge in [0, 0.05) is 6.54 Å². The first-order valence-electron chi connectivity index (χ1n) is 5.16. The Morgan fingerprint density at radius 1 is 1.46 bits per heavy atom. The van der Waals surface area contributed by atoms with Crippen LogP contribution in [-0.2, 0) is 4.74 Å². The van der Waals surface area contributed by atoms with Crippen molar-refractivity contribution in [3.63, 3.8) is 0 Å². The van der Waals surface area contributed by atoms with Gasteiger partial charge in [-0.3, -0.25) is 4.90 Å². The van der Waals surface area contributed by atoms with E-state index in [1.165, 1.54) is 0 Å². The number of likely N-dealkylation sites (tertiary alicyclic amines) is 1. The molecule has 76 valence electrons. The number of likely N-dealkylation sites (N-methyl/N-ethyl adjacent to an activating group) is 1. The third-order valence-electron chi connectivity index (χ3n) is 3.40. The number of piperidine rings is 1. The van der Waals surface area contributed by atoms with Crippen molar-refractivity contribution in [2.24, 2.45) is 17.6 Å². The molecule has 0 spiro atoms. The van der Waals surface area contributed by atoms with E-state index in [4.69, 9.17) is 10.5 Å². The highest BCUT2D eigenvalue weighted by molar-refractivity contribution is 5.01. The summed E-state index contributed by atoms with van der Waals surface area (Å²) in [6, 6.07) is 0.420. The first kappa shape index (κ1) is 9.44. The van der Waals surface area contributed by atoms with Crippen LogP contribution in [0.1, 0.15) is 20.3 Å². The van der Waals surface area contributed by atoms with Crippen molar-refractivity contribution in [1.82, 2.24) is 4.90 Å². The smallest absolute Gasteiger partial charge is 0.133 e. The molecule has 0 aromatic carbocycles. The molecule has 3 heteroatoms. The van der Waals surface area contributed by atoms with Gasteiger partial charge in [0.25, 0.3) is 0 Å². The van der Waals surface area contributed by atoms with Gasteiger partial charge in [-0.05, 0) is 25.3 Å². The summed E-state index contributed by atoms with van der Waals surface area (Å²) in [6.07, 6.45) is 1.01. The monoisotopic (exact) mass is 184 g/mol. The van der Waals surface area contributed by atoms with E-state index in [9.17, 15) is 0 Å². The van der Waals surface area contributed by atoms with Gasteiger partial charge in [0.2, 0.25) is 0 Å². The fraction of sp³-hybridized carbons (Fsp3) is 1.00. The molecule has 2 saturated heterocycles. The fourth-order valence-electron chi connectivity index (χ4n) is 3.15. The van der Waals surface area contributed by atoms with Crippen LogP contribution >= 0.6 is 0 Å². The quantitative estimate of drug-likeness (QED) is 0.600. The summed E-state index contributed by atoms with van der Waals surface area (Å²) in [5, 5.41) is 0. The Morgan fingerprint density at radius 3 is 2.85 bits per heavy atom. The molecule has 0 aliphatic carbocycles. The molecule has 1 unspecified atom stereocenters. The van der Waals surface area contributed by atoms with Gasteiger partial charge in [-0.2, -0.15) is 0 Å². The highest BCUT2D eigenvalue weighted by atomic mass is 16.5. The van der Waals surface area contributed by atoms with Crippen LogP contribution < -0.4 is 5.73 Å². The predicted octanol–water partition coefficient (Wildman–Crippen LogP) is 0.648. The number of hydrogen-bond donors (Lipinski definition) is 1. The summed E-state index contributed by atoms with van der Waals surface area (Å²) in [4.78, 5) is 2.37. The second kappa shape index (κ2) is 2.94. The number of nitrogens with two attached hydrogens (primary N) is 1. The highest BCUT2D eigenvalue weighted by Gasteiger charge is 2.50. The molecule has 4 atom stereocenters. The lowest BCUT2D eigenvalue weighted by Gasteiger charge is -2.45. The van der Waals surface area contributed by atoms with Crippen molar-refractivity contribution in [2.45, 2.75) is 32.0 Å². The SMILES string of the molecule is C[C@@H]1CN(C)[C@H]2[C@@H](C)COC2(N)C1. The zero-order valence-electron chi connectivity index (χ0n) is 8.79. The Labute approximate surface area is 80.2 Å². The Balaban J connectivity index is 2.21. The molecule has 0 saturated carbocycles. The van der Waals surface area contributed by atoms with Crippen LogP contribution in [0.5, 0.6) is 0 Å². The first-order valence-corrected chi connectivity index (χ1v) is 5.16. The van der Waals surface area contributed by atoms with Gasteiger partial charge in [0.1, 0.15) is 5.72 Å². The minimum atomic E-state index is -0.369. The van der Waals surface area contributed by atoms with Crippen molar-refractivity contribution in [3.8, 4) is 0 Å². The summed E-state index contributed by atoms with van der Waals surface area (Å²) < 4.78 is 5.73. The lowest BCUT2D eigenvalue weighted by Crippen LogP contribution is -2.62. The molecular formula is C10H20N2O. The van der Waals surface area contributed by atoms with Gasteiger partial charge < -0.3 is 10.5 Å². The minimum absolute atomic E-state index is 0.369. The minimum Gasteiger partial charge on any atom is -0.359 e. The van der Waals surface area contributed by atoms with Crippen LogP contribution in [0, 0.1) is 11.8 Å². The first-order chi connectivity index (χ1) is 6.03. The third-order valence-corrected chi connectivity index (χ3v) is 3.40. The molecule has 0 amide bonds. The summed E-state index contributed by atoms with van der Waals surface area (Å²) in [5.41, 5.74) is 5.90. The lowest BCUT2D eigenvalue weighted by molar-refractivity contribution is -0.0747. The van der Waals surface area contributed by atoms with Crippen LogP contribution in [0.25, 0.3) is 0 Å². The van der Waals surface area contributed by atoms with Crippen molar-refractivity contribution >= 4 is 0 Å². The summed E-state index contributed by atoms with van der Waals surface area (Å²) in [6.45, 7) is 6.44. The van der Waals surface area contributed by atoms with Gasteiger partial charge >= 0.3 is 0 Å². The molecule has 2 N–H and O–H groups in total. The molecule has 0 aromatic heterocycles. The van der Waals surface area contributed by atoms with Crippen molar-refractivity contribution in [3.05, 3.63) is 0 Å². The van der Waals surface area contributed by atoms with E-state index in [-0.39, 0.29) is 5.72 Å². The molecule has 13 heavy (non-hydrogen) atoms. The van der Waals surface area contributed by atoms with Crippen molar-refractivity contribution in [2.75, 3.05) is 20.2 Å². The van der Waals surface area contributed by atoms with Crippen LogP contribution in [0.3, 0.4) is 0 Å². The van der Waals surface area contributed by atoms with Gasteiger partial charge in [0.15, 0.2) is 0 Å². The summed E-state index contributed by atoms with van der Waals surface area (Å²) in [5.74, 6) is 1.22. The van der Waals surface area contributed by atoms with E-state index in [1.54, 1.807) is 0 Å². The van der Waals surface area contributed by atoms with Gasteiger partial charge in [0.05, 0.1) is 12.6 Å². The number of hydrogen-bond acceptors (Lipinski definition) is 3. The maximum Gasteiger partial charge on any atom is 0.133 e. The molecular weight excluding hydrogens is 164 g/mol. The molecule has 2 aliphatic rings. The standard InChI is InChI=1S/C10H20N2O/c1-7-4-10(11)9(12(3)5-7)8(2)6-13-10/h7-9H,4-6,11H2,1-3H3/t7-,8-,9-,10?/m0/s1. The molecule has 0 aromatic rings. The van der Waals surface area contributed by atoms with Crippen molar-refractivity contribution in [1.29, 1.82) is 0 Å². The second-order valence-electron chi connectivity index (χ2n) is 4.94. The van der Waals surface area contributed by atoms with E-state index < -0.39 is 0 Å². The molecule has 2 aliphatic heterocycles. The largest absolute Gasteiger partial charge is 0.359 e. The Morgan fingerprint density at radius 2 is 2.15 bits per heavy atom. The number of nitrogens with zero attached hydrogens (tertiary/aromatic N) is 1. The Bertz CT molecular complexity index is 209. The zero-order chi connectivity index (χ0) is 9.64. The maximum atomic E-state index is 6.27. The van der Waals surface area contributed by atoms with Crippen LogP contribution in [0.2, 0.25) is 0 Å². The number of fused-ring (bicyclic) bond motifs is 1. The Hall–Kier alpha value is -0.120. The molecule has 2 fully saturated rings. The van der Waals surface area contributed by atoms with Gasteiger partial charge in [-0.15, -0.1) is 0 Å². The lowest BCUT2D eigenvalue weighted by atomic mass is 9.83.